The number of nitrogens with zero attached hydrogens (tertiary/aromatic N) is 2. The number of carboxylic acid groups (broad SMARTS) is 1. The summed E-state index contributed by atoms with van der Waals surface area (Å²) in [5.74, 6) is -7.03. The molecule has 4 aliphatic heterocycles. The Morgan fingerprint density at radius 2 is 0.713 bits per heavy atom. The van der Waals surface area contributed by atoms with Crippen molar-refractivity contribution in [2.24, 2.45) is 5.73 Å². The third-order valence-corrected chi connectivity index (χ3v) is 10.4. The number of Topliss-reactive ketones (excluding diaryl/α,β-unsaturated/α-hetero) is 3. The Balaban J connectivity index is -0.0000000175. The number of halogens is 1. The maximum Gasteiger partial charge on any atom is 1.00 e. The average Bonchev–Trinajstić information content (AvgIpc) is 1.73. The number of nitrogens with two attached hydrogens (primary N) is 1. The van der Waals surface area contributed by atoms with Crippen LogP contribution in [-0.2, 0) is 287 Å². The van der Waals surface area contributed by atoms with E-state index in [1.165, 1.54) is 67.7 Å². The summed E-state index contributed by atoms with van der Waals surface area (Å²) in [6.07, 6.45) is 3.77. The second-order valence-corrected chi connectivity index (χ2v) is 22.7. The molecule has 7 atom stereocenters. The Kier molecular flexibility index (Phi) is 355. The van der Waals surface area contributed by atoms with Crippen LogP contribution in [-0.4, -0.2) is 261 Å². The van der Waals surface area contributed by atoms with E-state index in [9.17, 15) is 52.7 Å². The number of carbonyl (C=O) groups excluding carboxylic acids is 10. The number of aliphatic carboxylic acids is 1. The van der Waals surface area contributed by atoms with Crippen LogP contribution in [0.5, 0.6) is 0 Å². The summed E-state index contributed by atoms with van der Waals surface area (Å²) < 4.78 is 24.6. The summed E-state index contributed by atoms with van der Waals surface area (Å²) in [5, 5.41) is 29.9. The van der Waals surface area contributed by atoms with Crippen molar-refractivity contribution in [1.82, 2.24) is 37.0 Å². The fraction of sp³-hybridized carbons (Fsp3) is 0.744. The number of hydrogen-bond donors (Lipinski definition) is 9. The smallest absolute Gasteiger partial charge is 0.870 e. The normalized spacial score (nSPS) is 12.0. The second kappa shape index (κ2) is 171. The van der Waals surface area contributed by atoms with Gasteiger partial charge in [-0.1, -0.05) is 156 Å². The van der Waals surface area contributed by atoms with Gasteiger partial charge in [0, 0.05) is 316 Å². The standard InChI is InChI=1S/C9H17BN2O4.C8H14BNO3.C7H14BNO2.C6H10BNO2.2C6H8BNO.2C4H8O.C3H6BNO.C3H6O2.C2H6NO.2C2H6.CH4O.13CH4.6CH3.ClH.K.Li.H2O.V.6Y/c1-9(2,3)16-8(14)11-6(10)7(13)12(4)15-5;1-5(11)6(9)10-7(12)13-8(2,3)4;1-5(8)9-6(10)11-7(2,3)4;1-3-5(10)8-6(7)4(2)9;2*1-3-4(2)6(9)8-5(3)7;2*1-2-4-5-3-1;1-2(6)3(4)5;1-2-3(4)5;1-3-4-2;3*1-2;;;;;;;;;;;;;;;;;;;;;;;;;;;;;;/h6H,1-5H3,(H,11,14);6H,1-4H3,(H,10,12);5H,1-4H3,(H,9,10);6H,3H2,1-2H3,(H,8,10);2*5H,1-2H3,(H,8,9);2*1-4H2;3H,5H2,1H3;2H2,1H3,(H,4,5);1-2H3;2*1-2H3;2H,1H3;13*1H4;6*1H3;1H;;;1H2;;;;;;;/q;;;;;;;;;;-1;;;;;;;;;;;;;;;;;6*-1;;2*+1;;;;;;;;/p-1/t2*6-;5-;6-;2*5-;;;3-;;;;;;;;;;;;;;;;;;;;;;;;;;;;;;;;;;;/m111111..1.................................../s1. The van der Waals surface area contributed by atoms with Crippen LogP contribution in [0, 0.1) is 44.6 Å². The van der Waals surface area contributed by atoms with Crippen LogP contribution < -0.4 is 108 Å². The summed E-state index contributed by atoms with van der Waals surface area (Å²) >= 11 is 0. The van der Waals surface area contributed by atoms with Gasteiger partial charge in [0.15, 0.2) is 0 Å². The molecule has 21 radical (unpaired) electrons. The SMILES string of the molecule is C.C.C.C.C.C.C.C.C.C.C.C.C.C1CCOC1.C1CCOC1.CC.CC.CCC(=O)O.CO.C[N-]OC.Cl.[B][C@@H](C)NC(=O)OC(C)(C)C.[B][C@@H]1NC(=O)C(C)=C1C.[B][C@@H]1NC(=O)C(C)=C1C.[B][C@H](N)C(C)=O.[B][C@H](NC(=O)CC)C(C)=O.[B][C@H](NC(=O)OC(C)(C)C)C(=O)N(C)OC.[B][C@H](NC(=O)OC(C)(C)C)C(C)=O.[CH3-].[CH3-].[CH3-].[CH3-].[CH3-].[CH3-].[K+].[Li+].[OH-].[V].[Y].[Y].[Y].[Y].[Y].[Y]. The topological polar surface area (TPSA) is 438 Å². The number of likely N-dealkylation sites (N-methyl/N-ethyl adjacent to an activating group) is 1. The molecule has 0 spiro atoms. The van der Waals surface area contributed by atoms with Crippen LogP contribution in [0.4, 0.5) is 14.4 Å². The summed E-state index contributed by atoms with van der Waals surface area (Å²) in [4.78, 5) is 126. The van der Waals surface area contributed by atoms with Gasteiger partial charge in [-0.2, -0.15) is 0 Å². The van der Waals surface area contributed by atoms with Crippen molar-refractivity contribution in [2.75, 3.05) is 61.9 Å². The number of amides is 7. The Hall–Kier alpha value is 3.52. The van der Waals surface area contributed by atoms with Crippen LogP contribution in [0.3, 0.4) is 0 Å². The first-order valence-electron chi connectivity index (χ1n) is 31.9. The van der Waals surface area contributed by atoms with Crippen LogP contribution in [0.15, 0.2) is 22.3 Å². The van der Waals surface area contributed by atoms with E-state index in [2.05, 4.69) is 47.1 Å². The molecule has 4 rings (SSSR count). The number of carboxylic acids is 1. The van der Waals surface area contributed by atoms with E-state index < -0.39 is 70.7 Å². The van der Waals surface area contributed by atoms with E-state index in [1.54, 1.807) is 104 Å². The summed E-state index contributed by atoms with van der Waals surface area (Å²) in [6.45, 7) is 43.9. The predicted molar refractivity (Wildman–Crippen MR) is 528 cm³/mol. The van der Waals surface area contributed by atoms with Crippen LogP contribution >= 0.6 is 12.4 Å². The number of hydroxylamine groups is 3. The van der Waals surface area contributed by atoms with Gasteiger partial charge in [0.2, 0.25) is 17.7 Å². The largest absolute Gasteiger partial charge is 1.00 e. The molecule has 0 saturated carbocycles. The van der Waals surface area contributed by atoms with Crippen molar-refractivity contribution in [2.45, 2.75) is 353 Å². The molecule has 2 saturated heterocycles. The van der Waals surface area contributed by atoms with Crippen LogP contribution in [0.2, 0.25) is 0 Å². The zero-order valence-corrected chi connectivity index (χ0v) is 100. The minimum atomic E-state index is -1.19. The Bertz CT molecular complexity index is 2300. The Labute approximate surface area is 1030 Å². The van der Waals surface area contributed by atoms with Crippen molar-refractivity contribution in [3.63, 3.8) is 0 Å². The Morgan fingerprint density at radius 3 is 0.829 bits per heavy atom. The van der Waals surface area contributed by atoms with Gasteiger partial charge in [-0.25, -0.2) is 19.4 Å². The number of alkyl carbamates (subject to hydrolysis) is 3. The number of nitrogens with one attached hydrogen (secondary N) is 6. The van der Waals surface area contributed by atoms with E-state index in [0.29, 0.717) is 6.42 Å². The maximum atomic E-state index is 11.4. The van der Waals surface area contributed by atoms with E-state index in [0.717, 1.165) is 60.9 Å². The second-order valence-electron chi connectivity index (χ2n) is 22.7. The molecule has 0 aromatic carbocycles. The molecule has 4 heterocycles. The number of hydrogen-bond acceptors (Lipinski definition) is 21. The number of aliphatic hydroxyl groups is 1. The van der Waals surface area contributed by atoms with Gasteiger partial charge >= 0.3 is 94.5 Å². The van der Waals surface area contributed by atoms with Crippen LogP contribution in [0.1, 0.15) is 294 Å². The first kappa shape index (κ1) is 268. The number of ether oxygens (including phenoxy) is 5. The summed E-state index contributed by atoms with van der Waals surface area (Å²) in [5.41, 5.74) is 9.81. The van der Waals surface area contributed by atoms with E-state index in [4.69, 9.17) is 94.6 Å². The fourth-order valence-corrected chi connectivity index (χ4v) is 4.75. The molecule has 30 nitrogen and oxygen atoms in total. The molecule has 0 aliphatic carbocycles. The van der Waals surface area contributed by atoms with Gasteiger partial charge in [-0.3, -0.25) is 43.2 Å². The maximum absolute atomic E-state index is 11.4. The summed E-state index contributed by atoms with van der Waals surface area (Å²) in [6, 6.07) is 0. The summed E-state index contributed by atoms with van der Waals surface area (Å²) in [7, 11) is 43.8. The van der Waals surface area contributed by atoms with Crippen molar-refractivity contribution in [3.05, 3.63) is 72.3 Å². The molecular formula is C82H193B7ClKLiN9O21VY6-6. The number of ketones is 3. The molecule has 751 valence electrons. The Morgan fingerprint density at radius 1 is 0.512 bits per heavy atom. The molecule has 0 unspecified atom stereocenters. The number of rotatable bonds is 12. The predicted octanol–water partition coefficient (Wildman–Crippen LogP) is 9.66. The van der Waals surface area contributed by atoms with Gasteiger partial charge < -0.3 is 132 Å². The minimum absolute atomic E-state index is 0. The zero-order valence-electron chi connectivity index (χ0n) is 77.6. The van der Waals surface area contributed by atoms with Gasteiger partial charge in [-0.05, 0) is 142 Å². The quantitative estimate of drug-likeness (QED) is 0.0380. The molecular weight excluding hydrogens is 2190 g/mol. The van der Waals surface area contributed by atoms with Gasteiger partial charge in [0.1, 0.15) is 81.2 Å². The molecule has 0 bridgehead atoms. The van der Waals surface area contributed by atoms with E-state index in [1.807, 2.05) is 41.5 Å². The van der Waals surface area contributed by atoms with E-state index >= 15 is 0 Å². The van der Waals surface area contributed by atoms with E-state index in [-0.39, 0.29) is 503 Å². The molecule has 7 amide bonds. The van der Waals surface area contributed by atoms with Crippen LogP contribution in [0.25, 0.3) is 5.48 Å². The molecule has 47 heteroatoms. The molecule has 4 aliphatic rings. The van der Waals surface area contributed by atoms with Crippen molar-refractivity contribution < 1.29 is 387 Å². The van der Waals surface area contributed by atoms with Crippen molar-refractivity contribution in [3.8, 4) is 0 Å². The molecule has 2 fully saturated rings. The molecule has 11 N–H and O–H groups in total. The monoisotopic (exact) mass is 2380 g/mol. The fourth-order valence-electron chi connectivity index (χ4n) is 4.75. The van der Waals surface area contributed by atoms with Crippen molar-refractivity contribution in [1.29, 1.82) is 0 Å². The molecule has 129 heavy (non-hydrogen) atoms. The minimum Gasteiger partial charge on any atom is -0.870 e. The first-order valence-corrected chi connectivity index (χ1v) is 31.9. The van der Waals surface area contributed by atoms with Gasteiger partial charge in [0.05, 0.1) is 20.9 Å². The number of aliphatic hydroxyl groups excluding tert-OH is 1. The average molecular weight is 2380 g/mol. The zero-order chi connectivity index (χ0) is 80.7. The van der Waals surface area contributed by atoms with Gasteiger partial charge in [-0.15, -0.1) is 19.5 Å². The molecule has 0 aromatic heterocycles. The van der Waals surface area contributed by atoms with Gasteiger partial charge in [0.25, 0.3) is 5.91 Å². The van der Waals surface area contributed by atoms with Crippen molar-refractivity contribution >= 4 is 133 Å². The third-order valence-electron chi connectivity index (χ3n) is 10.4. The first-order chi connectivity index (χ1) is 45.4. The third kappa shape index (κ3) is 206. The molecule has 0 aromatic rings. The number of carbonyl (C=O) groups is 11.